The van der Waals surface area contributed by atoms with Gasteiger partial charge in [-0.05, 0) is 25.7 Å². The van der Waals surface area contributed by atoms with E-state index in [2.05, 4.69) is 17.7 Å². The standard InChI is InChI=1S/C19H34O4/c1-3-4-10-14-17-19(23-17)16(20)13-11-8-6-5-7-9-12-15-18(21)22-2/h11,13,16-17,19-20H,3-10,12,14-15H2,1-2H3/b13-11-/t16-,17-,19-/m0/s1. The van der Waals surface area contributed by atoms with Crippen LogP contribution in [0.3, 0.4) is 0 Å². The SMILES string of the molecule is CCCCC[C@@H]1O[C@H]1[C@@H](O)/C=C\CCCCCCCC(=O)OC. The lowest BCUT2D eigenvalue weighted by Crippen LogP contribution is -2.13. The van der Waals surface area contributed by atoms with Crippen LogP contribution in [0.2, 0.25) is 0 Å². The summed E-state index contributed by atoms with van der Waals surface area (Å²) in [7, 11) is 1.43. The molecule has 1 aliphatic heterocycles. The van der Waals surface area contributed by atoms with Crippen molar-refractivity contribution in [3.8, 4) is 0 Å². The molecule has 0 aromatic rings. The van der Waals surface area contributed by atoms with E-state index in [1.54, 1.807) is 0 Å². The van der Waals surface area contributed by atoms with Gasteiger partial charge in [0, 0.05) is 6.42 Å². The van der Waals surface area contributed by atoms with Crippen LogP contribution in [-0.2, 0) is 14.3 Å². The molecule has 0 aliphatic carbocycles. The van der Waals surface area contributed by atoms with Crippen molar-refractivity contribution in [3.63, 3.8) is 0 Å². The third-order valence-electron chi connectivity index (χ3n) is 4.36. The molecule has 1 aliphatic rings. The average molecular weight is 326 g/mol. The van der Waals surface area contributed by atoms with Crippen molar-refractivity contribution >= 4 is 5.97 Å². The lowest BCUT2D eigenvalue weighted by Gasteiger charge is -2.02. The minimum absolute atomic E-state index is 0.0291. The van der Waals surface area contributed by atoms with Crippen LogP contribution < -0.4 is 0 Å². The maximum Gasteiger partial charge on any atom is 0.305 e. The van der Waals surface area contributed by atoms with E-state index in [9.17, 15) is 9.90 Å². The minimum atomic E-state index is -0.443. The molecule has 0 bridgehead atoms. The van der Waals surface area contributed by atoms with Crippen LogP contribution in [0.15, 0.2) is 12.2 Å². The number of aliphatic hydroxyl groups is 1. The van der Waals surface area contributed by atoms with Gasteiger partial charge in [-0.1, -0.05) is 57.6 Å². The summed E-state index contributed by atoms with van der Waals surface area (Å²) < 4.78 is 10.1. The lowest BCUT2D eigenvalue weighted by molar-refractivity contribution is -0.140. The van der Waals surface area contributed by atoms with Crippen molar-refractivity contribution in [3.05, 3.63) is 12.2 Å². The molecule has 0 aromatic carbocycles. The number of rotatable bonds is 14. The predicted molar refractivity (Wildman–Crippen MR) is 92.3 cm³/mol. The number of aliphatic hydroxyl groups excluding tert-OH is 1. The number of carbonyl (C=O) groups is 1. The molecule has 134 valence electrons. The molecule has 0 aromatic heterocycles. The Morgan fingerprint density at radius 2 is 1.91 bits per heavy atom. The van der Waals surface area contributed by atoms with Gasteiger partial charge in [-0.25, -0.2) is 0 Å². The van der Waals surface area contributed by atoms with Crippen LogP contribution in [-0.4, -0.2) is 36.5 Å². The molecular weight excluding hydrogens is 292 g/mol. The summed E-state index contributed by atoms with van der Waals surface area (Å²) in [6.07, 6.45) is 15.6. The highest BCUT2D eigenvalue weighted by Gasteiger charge is 2.42. The fourth-order valence-corrected chi connectivity index (χ4v) is 2.79. The van der Waals surface area contributed by atoms with Crippen LogP contribution in [0.4, 0.5) is 0 Å². The predicted octanol–water partition coefficient (Wildman–Crippen LogP) is 4.15. The van der Waals surface area contributed by atoms with E-state index in [1.807, 2.05) is 6.08 Å². The van der Waals surface area contributed by atoms with E-state index in [1.165, 1.54) is 32.8 Å². The van der Waals surface area contributed by atoms with Crippen molar-refractivity contribution in [1.29, 1.82) is 0 Å². The van der Waals surface area contributed by atoms with E-state index in [4.69, 9.17) is 4.74 Å². The van der Waals surface area contributed by atoms with Crippen molar-refractivity contribution in [1.82, 2.24) is 0 Å². The second kappa shape index (κ2) is 12.5. The number of hydrogen-bond acceptors (Lipinski definition) is 4. The Kier molecular flexibility index (Phi) is 11.0. The van der Waals surface area contributed by atoms with Crippen LogP contribution in [0.5, 0.6) is 0 Å². The molecule has 23 heavy (non-hydrogen) atoms. The number of ether oxygens (including phenoxy) is 2. The number of methoxy groups -OCH3 is 1. The van der Waals surface area contributed by atoms with Gasteiger partial charge in [0.25, 0.3) is 0 Å². The van der Waals surface area contributed by atoms with Crippen LogP contribution >= 0.6 is 0 Å². The Hall–Kier alpha value is -0.870. The molecule has 1 saturated heterocycles. The van der Waals surface area contributed by atoms with E-state index >= 15 is 0 Å². The Labute approximate surface area is 141 Å². The van der Waals surface area contributed by atoms with Gasteiger partial charge in [-0.3, -0.25) is 4.79 Å². The van der Waals surface area contributed by atoms with Crippen molar-refractivity contribution in [2.45, 2.75) is 95.9 Å². The highest BCUT2D eigenvalue weighted by atomic mass is 16.6. The zero-order valence-corrected chi connectivity index (χ0v) is 14.8. The molecule has 1 N–H and O–H groups in total. The first-order valence-electron chi connectivity index (χ1n) is 9.26. The number of unbranched alkanes of at least 4 members (excludes halogenated alkanes) is 7. The third-order valence-corrected chi connectivity index (χ3v) is 4.36. The maximum atomic E-state index is 10.9. The maximum absolute atomic E-state index is 10.9. The van der Waals surface area contributed by atoms with Crippen LogP contribution in [0, 0.1) is 0 Å². The zero-order valence-electron chi connectivity index (χ0n) is 14.8. The van der Waals surface area contributed by atoms with Gasteiger partial charge in [-0.15, -0.1) is 0 Å². The number of hydrogen-bond donors (Lipinski definition) is 1. The highest BCUT2D eigenvalue weighted by molar-refractivity contribution is 5.68. The summed E-state index contributed by atoms with van der Waals surface area (Å²) in [6, 6.07) is 0. The Morgan fingerprint density at radius 1 is 1.17 bits per heavy atom. The zero-order chi connectivity index (χ0) is 16.9. The summed E-state index contributed by atoms with van der Waals surface area (Å²) in [5, 5.41) is 10.0. The Bertz CT molecular complexity index is 340. The topological polar surface area (TPSA) is 59.1 Å². The quantitative estimate of drug-likeness (QED) is 0.225. The normalized spacial score (nSPS) is 21.5. The molecule has 0 spiro atoms. The van der Waals surface area contributed by atoms with Gasteiger partial charge >= 0.3 is 5.97 Å². The fraction of sp³-hybridized carbons (Fsp3) is 0.842. The Morgan fingerprint density at radius 3 is 2.65 bits per heavy atom. The molecule has 3 atom stereocenters. The number of esters is 1. The average Bonchev–Trinajstić information content (AvgIpc) is 3.32. The molecule has 1 rings (SSSR count). The summed E-state index contributed by atoms with van der Waals surface area (Å²) in [5.74, 6) is -0.114. The molecule has 4 heteroatoms. The minimum Gasteiger partial charge on any atom is -0.469 e. The van der Waals surface area contributed by atoms with Crippen LogP contribution in [0.1, 0.15) is 77.6 Å². The first-order chi connectivity index (χ1) is 11.2. The number of carbonyl (C=O) groups excluding carboxylic acids is 1. The second-order valence-electron chi connectivity index (χ2n) is 6.44. The third kappa shape index (κ3) is 9.77. The molecule has 0 radical (unpaired) electrons. The van der Waals surface area contributed by atoms with Gasteiger partial charge in [0.15, 0.2) is 0 Å². The smallest absolute Gasteiger partial charge is 0.305 e. The van der Waals surface area contributed by atoms with Gasteiger partial charge in [0.2, 0.25) is 0 Å². The van der Waals surface area contributed by atoms with E-state index in [0.717, 1.165) is 38.5 Å². The van der Waals surface area contributed by atoms with E-state index in [0.29, 0.717) is 6.42 Å². The molecule has 4 nitrogen and oxygen atoms in total. The summed E-state index contributed by atoms with van der Waals surface area (Å²) in [5.41, 5.74) is 0. The molecule has 0 amide bonds. The lowest BCUT2D eigenvalue weighted by atomic mass is 10.1. The van der Waals surface area contributed by atoms with Crippen molar-refractivity contribution in [2.75, 3.05) is 7.11 Å². The van der Waals surface area contributed by atoms with Crippen LogP contribution in [0.25, 0.3) is 0 Å². The molecule has 0 saturated carbocycles. The highest BCUT2D eigenvalue weighted by Crippen LogP contribution is 2.30. The first kappa shape index (κ1) is 20.2. The Balaban J connectivity index is 1.91. The van der Waals surface area contributed by atoms with Gasteiger partial charge in [-0.2, -0.15) is 0 Å². The molecule has 1 heterocycles. The summed E-state index contributed by atoms with van der Waals surface area (Å²) in [6.45, 7) is 2.20. The largest absolute Gasteiger partial charge is 0.469 e. The molecule has 0 unspecified atom stereocenters. The van der Waals surface area contributed by atoms with Gasteiger partial charge < -0.3 is 14.6 Å². The van der Waals surface area contributed by atoms with Gasteiger partial charge in [0.05, 0.1) is 13.2 Å². The summed E-state index contributed by atoms with van der Waals surface area (Å²) >= 11 is 0. The van der Waals surface area contributed by atoms with E-state index < -0.39 is 6.10 Å². The second-order valence-corrected chi connectivity index (χ2v) is 6.44. The van der Waals surface area contributed by atoms with Crippen molar-refractivity contribution < 1.29 is 19.4 Å². The van der Waals surface area contributed by atoms with E-state index in [-0.39, 0.29) is 18.2 Å². The van der Waals surface area contributed by atoms with Gasteiger partial charge in [0.1, 0.15) is 12.2 Å². The number of allylic oxidation sites excluding steroid dienone is 1. The number of epoxide rings is 1. The monoisotopic (exact) mass is 326 g/mol. The fourth-order valence-electron chi connectivity index (χ4n) is 2.79. The van der Waals surface area contributed by atoms with Crippen molar-refractivity contribution in [2.24, 2.45) is 0 Å². The molecular formula is C19H34O4. The molecule has 1 fully saturated rings. The summed E-state index contributed by atoms with van der Waals surface area (Å²) in [4.78, 5) is 10.9. The first-order valence-corrected chi connectivity index (χ1v) is 9.26.